The maximum absolute atomic E-state index is 12.2. The quantitative estimate of drug-likeness (QED) is 0.0416. The fraction of sp³-hybridized carbons (Fsp3) is 0.854. The van der Waals surface area contributed by atoms with E-state index in [-0.39, 0.29) is 25.2 Å². The standard InChI is InChI=1S/C41H76O5/c1-3-5-7-9-11-13-15-17-18-19-20-21-22-24-26-28-30-32-34-36-41(44)46-39(37-42)38-45-40(43)35-33-31-29-27-25-23-16-14-12-10-8-6-4-2/h14,16-18,39,42H,3-13,15,19-38H2,1-2H3/b16-14-,18-17-/t39-/m0/s1. The molecule has 0 aromatic carbocycles. The third-order valence-electron chi connectivity index (χ3n) is 8.72. The number of hydrogen-bond donors (Lipinski definition) is 1. The van der Waals surface area contributed by atoms with Crippen LogP contribution in [0, 0.1) is 0 Å². The Kier molecular flexibility index (Phi) is 36.5. The van der Waals surface area contributed by atoms with Crippen LogP contribution < -0.4 is 0 Å². The summed E-state index contributed by atoms with van der Waals surface area (Å²) in [6, 6.07) is 0. The van der Waals surface area contributed by atoms with Crippen molar-refractivity contribution in [2.45, 2.75) is 213 Å². The lowest BCUT2D eigenvalue weighted by Gasteiger charge is -2.15. The Morgan fingerprint density at radius 3 is 1.20 bits per heavy atom. The van der Waals surface area contributed by atoms with Gasteiger partial charge in [0.05, 0.1) is 6.61 Å². The molecule has 0 unspecified atom stereocenters. The molecule has 1 atom stereocenters. The predicted octanol–water partition coefficient (Wildman–Crippen LogP) is 12.3. The number of allylic oxidation sites excluding steroid dienone is 4. The van der Waals surface area contributed by atoms with Gasteiger partial charge in [0.15, 0.2) is 6.10 Å². The summed E-state index contributed by atoms with van der Waals surface area (Å²) in [5.74, 6) is -0.599. The van der Waals surface area contributed by atoms with Crippen LogP contribution in [0.5, 0.6) is 0 Å². The van der Waals surface area contributed by atoms with Gasteiger partial charge in [-0.05, 0) is 64.2 Å². The molecule has 5 nitrogen and oxygen atoms in total. The van der Waals surface area contributed by atoms with Crippen molar-refractivity contribution >= 4 is 11.9 Å². The summed E-state index contributed by atoms with van der Waals surface area (Å²) in [5.41, 5.74) is 0. The van der Waals surface area contributed by atoms with Crippen LogP contribution in [0.4, 0.5) is 0 Å². The van der Waals surface area contributed by atoms with E-state index in [1.807, 2.05) is 0 Å². The first kappa shape index (κ1) is 44.4. The minimum atomic E-state index is -0.771. The molecule has 0 bridgehead atoms. The molecule has 5 heteroatoms. The fourth-order valence-corrected chi connectivity index (χ4v) is 5.66. The molecular weight excluding hydrogens is 572 g/mol. The van der Waals surface area contributed by atoms with Crippen molar-refractivity contribution < 1.29 is 24.2 Å². The van der Waals surface area contributed by atoms with Gasteiger partial charge in [0.2, 0.25) is 0 Å². The highest BCUT2D eigenvalue weighted by Gasteiger charge is 2.16. The first-order valence-electron chi connectivity index (χ1n) is 19.9. The molecule has 0 heterocycles. The minimum absolute atomic E-state index is 0.0681. The highest BCUT2D eigenvalue weighted by Crippen LogP contribution is 2.14. The maximum Gasteiger partial charge on any atom is 0.306 e. The number of ether oxygens (including phenoxy) is 2. The van der Waals surface area contributed by atoms with Gasteiger partial charge in [-0.1, -0.05) is 154 Å². The Balaban J connectivity index is 3.53. The Bertz CT molecular complexity index is 701. The van der Waals surface area contributed by atoms with Gasteiger partial charge in [-0.2, -0.15) is 0 Å². The number of aliphatic hydroxyl groups excluding tert-OH is 1. The normalized spacial score (nSPS) is 12.3. The average molecular weight is 649 g/mol. The zero-order valence-electron chi connectivity index (χ0n) is 30.6. The van der Waals surface area contributed by atoms with Crippen LogP contribution in [0.3, 0.4) is 0 Å². The Hall–Kier alpha value is -1.62. The molecule has 0 saturated carbocycles. The van der Waals surface area contributed by atoms with Gasteiger partial charge in [0.1, 0.15) is 6.61 Å². The molecular formula is C41H76O5. The number of carbonyl (C=O) groups excluding carboxylic acids is 2. The second kappa shape index (κ2) is 37.8. The SMILES string of the molecule is CCCCCC/C=C\CCCCCCCC(=O)OC[C@H](CO)OC(=O)CCCCCCCCCCC/C=C\CCCCCCCC. The number of hydrogen-bond acceptors (Lipinski definition) is 5. The number of carbonyl (C=O) groups is 2. The Labute approximate surface area is 285 Å². The van der Waals surface area contributed by atoms with Gasteiger partial charge in [0, 0.05) is 12.8 Å². The van der Waals surface area contributed by atoms with Crippen LogP contribution >= 0.6 is 0 Å². The summed E-state index contributed by atoms with van der Waals surface area (Å²) in [4.78, 5) is 24.2. The summed E-state index contributed by atoms with van der Waals surface area (Å²) in [7, 11) is 0. The van der Waals surface area contributed by atoms with E-state index in [9.17, 15) is 14.7 Å². The average Bonchev–Trinajstić information content (AvgIpc) is 3.06. The molecule has 270 valence electrons. The van der Waals surface area contributed by atoms with Crippen molar-refractivity contribution in [3.8, 4) is 0 Å². The highest BCUT2D eigenvalue weighted by molar-refractivity contribution is 5.70. The molecule has 0 saturated heterocycles. The van der Waals surface area contributed by atoms with Crippen LogP contribution in [-0.4, -0.2) is 36.4 Å². The van der Waals surface area contributed by atoms with Crippen LogP contribution in [0.2, 0.25) is 0 Å². The minimum Gasteiger partial charge on any atom is -0.462 e. The van der Waals surface area contributed by atoms with E-state index in [0.717, 1.165) is 44.9 Å². The third-order valence-corrected chi connectivity index (χ3v) is 8.72. The van der Waals surface area contributed by atoms with Crippen molar-refractivity contribution in [3.05, 3.63) is 24.3 Å². The van der Waals surface area contributed by atoms with Crippen LogP contribution in [0.25, 0.3) is 0 Å². The van der Waals surface area contributed by atoms with Gasteiger partial charge in [-0.15, -0.1) is 0 Å². The number of esters is 2. The van der Waals surface area contributed by atoms with E-state index in [1.165, 1.54) is 135 Å². The molecule has 46 heavy (non-hydrogen) atoms. The van der Waals surface area contributed by atoms with E-state index in [4.69, 9.17) is 9.47 Å². The highest BCUT2D eigenvalue weighted by atomic mass is 16.6. The molecule has 0 fully saturated rings. The molecule has 0 rings (SSSR count). The molecule has 0 aliphatic heterocycles. The molecule has 0 aliphatic rings. The van der Waals surface area contributed by atoms with Crippen molar-refractivity contribution in [2.75, 3.05) is 13.2 Å². The lowest BCUT2D eigenvalue weighted by molar-refractivity contribution is -0.161. The molecule has 0 aromatic heterocycles. The fourth-order valence-electron chi connectivity index (χ4n) is 5.66. The molecule has 1 N–H and O–H groups in total. The van der Waals surface area contributed by atoms with Gasteiger partial charge in [-0.3, -0.25) is 9.59 Å². The van der Waals surface area contributed by atoms with Crippen molar-refractivity contribution in [3.63, 3.8) is 0 Å². The zero-order valence-corrected chi connectivity index (χ0v) is 30.6. The van der Waals surface area contributed by atoms with Gasteiger partial charge in [-0.25, -0.2) is 0 Å². The molecule has 0 amide bonds. The lowest BCUT2D eigenvalue weighted by atomic mass is 10.1. The number of aliphatic hydroxyl groups is 1. The number of rotatable bonds is 36. The molecule has 0 spiro atoms. The van der Waals surface area contributed by atoms with E-state index in [1.54, 1.807) is 0 Å². The van der Waals surface area contributed by atoms with Gasteiger partial charge < -0.3 is 14.6 Å². The Morgan fingerprint density at radius 1 is 0.478 bits per heavy atom. The maximum atomic E-state index is 12.2. The van der Waals surface area contributed by atoms with Crippen molar-refractivity contribution in [1.29, 1.82) is 0 Å². The second-order valence-electron chi connectivity index (χ2n) is 13.4. The van der Waals surface area contributed by atoms with Gasteiger partial charge in [0.25, 0.3) is 0 Å². The molecule has 0 aliphatic carbocycles. The zero-order chi connectivity index (χ0) is 33.6. The molecule has 0 radical (unpaired) electrons. The Morgan fingerprint density at radius 2 is 0.804 bits per heavy atom. The van der Waals surface area contributed by atoms with Gasteiger partial charge >= 0.3 is 11.9 Å². The first-order chi connectivity index (χ1) is 22.6. The van der Waals surface area contributed by atoms with E-state index in [2.05, 4.69) is 38.2 Å². The monoisotopic (exact) mass is 649 g/mol. The van der Waals surface area contributed by atoms with Crippen LogP contribution in [0.1, 0.15) is 206 Å². The van der Waals surface area contributed by atoms with Crippen LogP contribution in [-0.2, 0) is 19.1 Å². The third kappa shape index (κ3) is 35.2. The number of unbranched alkanes of at least 4 members (excludes halogenated alkanes) is 24. The lowest BCUT2D eigenvalue weighted by Crippen LogP contribution is -2.28. The summed E-state index contributed by atoms with van der Waals surface area (Å²) < 4.78 is 10.6. The van der Waals surface area contributed by atoms with Crippen molar-refractivity contribution in [1.82, 2.24) is 0 Å². The smallest absolute Gasteiger partial charge is 0.306 e. The second-order valence-corrected chi connectivity index (χ2v) is 13.4. The molecule has 0 aromatic rings. The topological polar surface area (TPSA) is 72.8 Å². The van der Waals surface area contributed by atoms with E-state index >= 15 is 0 Å². The predicted molar refractivity (Wildman–Crippen MR) is 196 cm³/mol. The van der Waals surface area contributed by atoms with Crippen LogP contribution in [0.15, 0.2) is 24.3 Å². The largest absolute Gasteiger partial charge is 0.462 e. The van der Waals surface area contributed by atoms with Crippen molar-refractivity contribution in [2.24, 2.45) is 0 Å². The first-order valence-corrected chi connectivity index (χ1v) is 19.9. The summed E-state index contributed by atoms with van der Waals surface area (Å²) in [6.45, 7) is 4.11. The summed E-state index contributed by atoms with van der Waals surface area (Å²) >= 11 is 0. The summed E-state index contributed by atoms with van der Waals surface area (Å²) in [6.07, 6.45) is 43.8. The van der Waals surface area contributed by atoms with E-state index in [0.29, 0.717) is 12.8 Å². The summed E-state index contributed by atoms with van der Waals surface area (Å²) in [5, 5.41) is 9.54. The van der Waals surface area contributed by atoms with E-state index < -0.39 is 6.10 Å².